The van der Waals surface area contributed by atoms with Crippen LogP contribution in [0, 0.1) is 6.92 Å². The van der Waals surface area contributed by atoms with Crippen LogP contribution in [-0.2, 0) is 22.5 Å². The quantitative estimate of drug-likeness (QED) is 0.427. The van der Waals surface area contributed by atoms with Crippen LogP contribution in [0.3, 0.4) is 0 Å². The van der Waals surface area contributed by atoms with Gasteiger partial charge in [-0.1, -0.05) is 11.6 Å². The van der Waals surface area contributed by atoms with Gasteiger partial charge in [0, 0.05) is 17.4 Å². The highest BCUT2D eigenvalue weighted by Crippen LogP contribution is 2.37. The van der Waals surface area contributed by atoms with E-state index < -0.39 is 12.0 Å². The molecule has 0 aliphatic carbocycles. The lowest BCUT2D eigenvalue weighted by Crippen LogP contribution is -2.33. The summed E-state index contributed by atoms with van der Waals surface area (Å²) in [5.74, 6) is 0.390. The second-order valence-electron chi connectivity index (χ2n) is 5.59. The molecule has 0 spiro atoms. The maximum absolute atomic E-state index is 11.6. The van der Waals surface area contributed by atoms with E-state index in [-0.39, 0.29) is 24.8 Å². The average Bonchev–Trinajstić information content (AvgIpc) is 3.21. The van der Waals surface area contributed by atoms with E-state index in [9.17, 15) is 4.79 Å². The first-order chi connectivity index (χ1) is 12.0. The lowest BCUT2D eigenvalue weighted by atomic mass is 10.1. The van der Waals surface area contributed by atoms with Crippen LogP contribution in [0.1, 0.15) is 16.2 Å². The number of esters is 1. The first-order valence-electron chi connectivity index (χ1n) is 7.67. The van der Waals surface area contributed by atoms with Gasteiger partial charge in [-0.05, 0) is 24.6 Å². The van der Waals surface area contributed by atoms with Crippen LogP contribution in [0.25, 0.3) is 10.2 Å². The highest BCUT2D eigenvalue weighted by atomic mass is 35.5. The SMILES string of the molecule is COC(=O)[C@H](N)Cc1sc2c(NCc3ccco3)cc(Cl)nc2c1C.Cl.Cl. The van der Waals surface area contributed by atoms with Gasteiger partial charge in [0.25, 0.3) is 0 Å². The summed E-state index contributed by atoms with van der Waals surface area (Å²) in [4.78, 5) is 17.0. The summed E-state index contributed by atoms with van der Waals surface area (Å²) in [6, 6.07) is 4.82. The molecule has 6 nitrogen and oxygen atoms in total. The number of nitrogens with one attached hydrogen (secondary N) is 1. The molecule has 0 unspecified atom stereocenters. The summed E-state index contributed by atoms with van der Waals surface area (Å²) >= 11 is 7.73. The minimum atomic E-state index is -0.702. The molecule has 10 heteroatoms. The van der Waals surface area contributed by atoms with Crippen LogP contribution >= 0.6 is 47.8 Å². The third-order valence-corrected chi connectivity index (χ3v) is 5.41. The molecular formula is C17H20Cl3N3O3S. The smallest absolute Gasteiger partial charge is 0.323 e. The molecule has 3 N–H and O–H groups in total. The summed E-state index contributed by atoms with van der Waals surface area (Å²) in [5.41, 5.74) is 8.56. The molecule has 0 aliphatic heterocycles. The number of furan rings is 1. The first kappa shape index (κ1) is 23.5. The van der Waals surface area contributed by atoms with Crippen molar-refractivity contribution in [3.8, 4) is 0 Å². The van der Waals surface area contributed by atoms with E-state index in [4.69, 9.17) is 26.5 Å². The number of fused-ring (bicyclic) bond motifs is 1. The van der Waals surface area contributed by atoms with Gasteiger partial charge in [0.05, 0.1) is 35.8 Å². The number of hydrogen-bond acceptors (Lipinski definition) is 7. The zero-order valence-electron chi connectivity index (χ0n) is 14.7. The van der Waals surface area contributed by atoms with Gasteiger partial charge in [0.2, 0.25) is 0 Å². The zero-order chi connectivity index (χ0) is 18.0. The summed E-state index contributed by atoms with van der Waals surface area (Å²) in [5, 5.41) is 3.73. The van der Waals surface area contributed by atoms with Gasteiger partial charge in [-0.15, -0.1) is 36.2 Å². The summed E-state index contributed by atoms with van der Waals surface area (Å²) in [6.45, 7) is 2.49. The number of rotatable bonds is 6. The molecule has 3 aromatic heterocycles. The van der Waals surface area contributed by atoms with Crippen LogP contribution in [0.15, 0.2) is 28.9 Å². The van der Waals surface area contributed by atoms with Crippen molar-refractivity contribution >= 4 is 69.6 Å². The van der Waals surface area contributed by atoms with E-state index in [1.807, 2.05) is 19.1 Å². The average molecular weight is 453 g/mol. The van der Waals surface area contributed by atoms with E-state index in [0.717, 1.165) is 32.1 Å². The van der Waals surface area contributed by atoms with Crippen molar-refractivity contribution in [2.45, 2.75) is 25.9 Å². The number of methoxy groups -OCH3 is 1. The number of anilines is 1. The standard InChI is InChI=1S/C17H18ClN3O3S.2ClH/c1-9-13(6-11(19)17(22)23-2)25-16-12(7-14(18)21-15(9)16)20-8-10-4-3-5-24-10;;/h3-5,7,11H,6,8,19H2,1-2H3,(H,20,21);2*1H/t11-;;/m1../s1. The summed E-state index contributed by atoms with van der Waals surface area (Å²) in [6.07, 6.45) is 2.03. The Kier molecular flexibility index (Phi) is 8.84. The van der Waals surface area contributed by atoms with Crippen LogP contribution in [0.2, 0.25) is 5.15 Å². The molecule has 0 saturated carbocycles. The minimum absolute atomic E-state index is 0. The number of nitrogens with two attached hydrogens (primary N) is 1. The van der Waals surface area contributed by atoms with E-state index >= 15 is 0 Å². The van der Waals surface area contributed by atoms with Gasteiger partial charge >= 0.3 is 5.97 Å². The van der Waals surface area contributed by atoms with Crippen LogP contribution in [0.4, 0.5) is 5.69 Å². The Labute approximate surface area is 178 Å². The van der Waals surface area contributed by atoms with Crippen LogP contribution in [0.5, 0.6) is 0 Å². The van der Waals surface area contributed by atoms with Gasteiger partial charge in [0.15, 0.2) is 0 Å². The molecule has 27 heavy (non-hydrogen) atoms. The molecule has 3 rings (SSSR count). The van der Waals surface area contributed by atoms with Gasteiger partial charge in [0.1, 0.15) is 17.0 Å². The Balaban J connectivity index is 0.00000182. The molecule has 3 aromatic rings. The molecule has 0 aromatic carbocycles. The number of thiophene rings is 1. The number of aromatic nitrogens is 1. The first-order valence-corrected chi connectivity index (χ1v) is 8.87. The normalized spacial score (nSPS) is 11.4. The number of hydrogen-bond donors (Lipinski definition) is 2. The van der Waals surface area contributed by atoms with Crippen molar-refractivity contribution in [1.29, 1.82) is 0 Å². The lowest BCUT2D eigenvalue weighted by Gasteiger charge is -2.07. The highest BCUT2D eigenvalue weighted by molar-refractivity contribution is 7.19. The Hall–Kier alpha value is -1.51. The molecular weight excluding hydrogens is 433 g/mol. The Morgan fingerprint density at radius 2 is 2.22 bits per heavy atom. The number of pyridine rings is 1. The van der Waals surface area contributed by atoms with Crippen LogP contribution in [-0.4, -0.2) is 24.1 Å². The number of ether oxygens (including phenoxy) is 1. The zero-order valence-corrected chi connectivity index (χ0v) is 17.9. The van der Waals surface area contributed by atoms with Crippen molar-refractivity contribution in [3.63, 3.8) is 0 Å². The Bertz CT molecular complexity index is 900. The van der Waals surface area contributed by atoms with Crippen molar-refractivity contribution < 1.29 is 13.9 Å². The fraction of sp³-hybridized carbons (Fsp3) is 0.294. The number of aryl methyl sites for hydroxylation is 1. The Morgan fingerprint density at radius 3 is 2.85 bits per heavy atom. The molecule has 3 heterocycles. The monoisotopic (exact) mass is 451 g/mol. The third-order valence-electron chi connectivity index (χ3n) is 3.88. The fourth-order valence-corrected chi connectivity index (χ4v) is 4.04. The molecule has 148 valence electrons. The van der Waals surface area contributed by atoms with E-state index in [1.54, 1.807) is 23.7 Å². The fourth-order valence-electron chi connectivity index (χ4n) is 2.55. The summed E-state index contributed by atoms with van der Waals surface area (Å²) < 4.78 is 11.0. The summed E-state index contributed by atoms with van der Waals surface area (Å²) in [7, 11) is 1.33. The molecule has 0 amide bonds. The molecule has 0 saturated heterocycles. The van der Waals surface area contributed by atoms with Gasteiger partial charge < -0.3 is 20.2 Å². The van der Waals surface area contributed by atoms with E-state index in [1.165, 1.54) is 7.11 Å². The van der Waals surface area contributed by atoms with E-state index in [0.29, 0.717) is 18.1 Å². The number of carbonyl (C=O) groups excluding carboxylic acids is 1. The highest BCUT2D eigenvalue weighted by Gasteiger charge is 2.20. The van der Waals surface area contributed by atoms with Gasteiger partial charge in [-0.3, -0.25) is 4.79 Å². The predicted octanol–water partition coefficient (Wildman–Crippen LogP) is 4.35. The van der Waals surface area contributed by atoms with Crippen LogP contribution < -0.4 is 11.1 Å². The van der Waals surface area contributed by atoms with Crippen molar-refractivity contribution in [1.82, 2.24) is 4.98 Å². The van der Waals surface area contributed by atoms with Gasteiger partial charge in [-0.2, -0.15) is 0 Å². The molecule has 1 atom stereocenters. The topological polar surface area (TPSA) is 90.4 Å². The number of carbonyl (C=O) groups is 1. The number of nitrogens with zero attached hydrogens (tertiary/aromatic N) is 1. The Morgan fingerprint density at radius 1 is 1.48 bits per heavy atom. The maximum atomic E-state index is 11.6. The maximum Gasteiger partial charge on any atom is 0.323 e. The number of halogens is 3. The minimum Gasteiger partial charge on any atom is -0.468 e. The second-order valence-corrected chi connectivity index (χ2v) is 7.08. The molecule has 0 radical (unpaired) electrons. The largest absolute Gasteiger partial charge is 0.468 e. The third kappa shape index (κ3) is 5.27. The van der Waals surface area contributed by atoms with Crippen molar-refractivity contribution in [2.75, 3.05) is 12.4 Å². The second kappa shape index (κ2) is 10.1. The molecule has 0 fully saturated rings. The van der Waals surface area contributed by atoms with Gasteiger partial charge in [-0.25, -0.2) is 4.98 Å². The predicted molar refractivity (Wildman–Crippen MR) is 114 cm³/mol. The van der Waals surface area contributed by atoms with E-state index in [2.05, 4.69) is 10.3 Å². The van der Waals surface area contributed by atoms with Crippen molar-refractivity contribution in [3.05, 3.63) is 45.8 Å². The lowest BCUT2D eigenvalue weighted by molar-refractivity contribution is -0.142. The molecule has 0 bridgehead atoms. The van der Waals surface area contributed by atoms with Crippen molar-refractivity contribution in [2.24, 2.45) is 5.73 Å². The molecule has 0 aliphatic rings.